The fraction of sp³-hybridized carbons (Fsp3) is 0.500. The van der Waals surface area contributed by atoms with Crippen molar-refractivity contribution in [2.75, 3.05) is 13.1 Å². The predicted molar refractivity (Wildman–Crippen MR) is 109 cm³/mol. The summed E-state index contributed by atoms with van der Waals surface area (Å²) in [4.78, 5) is 25.3. The van der Waals surface area contributed by atoms with Crippen molar-refractivity contribution in [1.82, 2.24) is 9.21 Å². The van der Waals surface area contributed by atoms with Crippen LogP contribution in [0, 0.1) is 5.92 Å². The van der Waals surface area contributed by atoms with Gasteiger partial charge in [-0.15, -0.1) is 0 Å². The third-order valence-corrected chi connectivity index (χ3v) is 6.19. The summed E-state index contributed by atoms with van der Waals surface area (Å²) in [5.74, 6) is -0.941. The molecule has 2 rings (SSSR count). The molecular weight excluding hydrogens is 396 g/mol. The fourth-order valence-corrected chi connectivity index (χ4v) is 4.44. The molecule has 0 spiro atoms. The molecule has 0 aromatic carbocycles. The number of hydrogen-bond donors (Lipinski definition) is 2. The van der Waals surface area contributed by atoms with Crippen LogP contribution in [0.1, 0.15) is 32.6 Å². The monoisotopic (exact) mass is 424 g/mol. The Hall–Kier alpha value is -2.55. The van der Waals surface area contributed by atoms with E-state index < -0.39 is 34.9 Å². The van der Waals surface area contributed by atoms with Crippen LogP contribution in [0.15, 0.2) is 48.9 Å². The number of allylic oxidation sites excluding steroid dienone is 4. The normalized spacial score (nSPS) is 25.9. The number of amides is 1. The molecule has 2 fully saturated rings. The first-order valence-electron chi connectivity index (χ1n) is 9.56. The van der Waals surface area contributed by atoms with Crippen molar-refractivity contribution in [3.05, 3.63) is 48.9 Å². The largest absolute Gasteiger partial charge is 0.486 e. The second-order valence-corrected chi connectivity index (χ2v) is 7.97. The highest BCUT2D eigenvalue weighted by Crippen LogP contribution is 2.32. The van der Waals surface area contributed by atoms with Crippen LogP contribution in [0.3, 0.4) is 0 Å². The minimum absolute atomic E-state index is 0.0793. The average molecular weight is 425 g/mol. The van der Waals surface area contributed by atoms with Gasteiger partial charge in [0.25, 0.3) is 0 Å². The molecule has 1 unspecified atom stereocenters. The first-order valence-corrected chi connectivity index (χ1v) is 10.7. The summed E-state index contributed by atoms with van der Waals surface area (Å²) in [6.45, 7) is 9.83. The molecule has 2 heterocycles. The van der Waals surface area contributed by atoms with Gasteiger partial charge in [0, 0.05) is 19.5 Å². The smallest absolute Gasteiger partial charge is 0.306 e. The van der Waals surface area contributed by atoms with E-state index in [0.29, 0.717) is 43.8 Å². The van der Waals surface area contributed by atoms with Crippen LogP contribution < -0.4 is 0 Å². The minimum atomic E-state index is -2.91. The number of carbonyl (C=O) groups excluding carboxylic acids is 1. The molecule has 29 heavy (non-hydrogen) atoms. The van der Waals surface area contributed by atoms with Crippen LogP contribution in [-0.4, -0.2) is 59.8 Å². The van der Waals surface area contributed by atoms with E-state index >= 15 is 0 Å². The molecular formula is C20H28N2O6S. The molecule has 0 aliphatic carbocycles. The van der Waals surface area contributed by atoms with Gasteiger partial charge in [-0.3, -0.25) is 13.9 Å². The molecule has 0 radical (unpaired) electrons. The zero-order valence-corrected chi connectivity index (χ0v) is 17.4. The van der Waals surface area contributed by atoms with Crippen molar-refractivity contribution in [3.8, 4) is 0 Å². The summed E-state index contributed by atoms with van der Waals surface area (Å²) in [7, 11) is -2.91. The van der Waals surface area contributed by atoms with Crippen molar-refractivity contribution in [2.24, 2.45) is 5.92 Å². The van der Waals surface area contributed by atoms with Crippen molar-refractivity contribution in [2.45, 2.75) is 44.8 Å². The zero-order valence-electron chi connectivity index (χ0n) is 16.5. The second-order valence-electron chi connectivity index (χ2n) is 7.07. The minimum Gasteiger partial charge on any atom is -0.486 e. The molecule has 0 bridgehead atoms. The molecule has 8 nitrogen and oxygen atoms in total. The summed E-state index contributed by atoms with van der Waals surface area (Å²) < 4.78 is 31.0. The Labute approximate surface area is 172 Å². The van der Waals surface area contributed by atoms with Crippen molar-refractivity contribution >= 4 is 22.8 Å². The van der Waals surface area contributed by atoms with Crippen LogP contribution in [0.25, 0.3) is 0 Å². The first-order chi connectivity index (χ1) is 13.8. The predicted octanol–water partition coefficient (Wildman–Crippen LogP) is 1.85. The Balaban J connectivity index is 2.06. The van der Waals surface area contributed by atoms with Crippen LogP contribution in [0.5, 0.6) is 0 Å². The van der Waals surface area contributed by atoms with E-state index in [0.717, 1.165) is 0 Å². The third-order valence-electron chi connectivity index (χ3n) is 5.26. The van der Waals surface area contributed by atoms with E-state index in [9.17, 15) is 18.0 Å². The maximum atomic E-state index is 12.5. The van der Waals surface area contributed by atoms with Crippen LogP contribution in [-0.2, 0) is 25.2 Å². The summed E-state index contributed by atoms with van der Waals surface area (Å²) in [5.41, 5.74) is 0.377. The SMILES string of the molecule is C=C/C=C1/OC(CCC(=O)N2CCC(C(=O)O)CC2)[C@@H](C)N([SH](=O)=O)/C1=C/C=C. The second kappa shape index (κ2) is 10.3. The summed E-state index contributed by atoms with van der Waals surface area (Å²) >= 11 is 0. The van der Waals surface area contributed by atoms with Gasteiger partial charge >= 0.3 is 5.97 Å². The van der Waals surface area contributed by atoms with Gasteiger partial charge in [-0.1, -0.05) is 25.3 Å². The number of carboxylic acids is 1. The topological polar surface area (TPSA) is 104 Å². The molecule has 1 amide bonds. The lowest BCUT2D eigenvalue weighted by Gasteiger charge is -2.40. The zero-order chi connectivity index (χ0) is 21.6. The highest BCUT2D eigenvalue weighted by Gasteiger charge is 2.37. The molecule has 0 aromatic rings. The number of carboxylic acid groups (broad SMARTS) is 1. The third kappa shape index (κ3) is 5.50. The van der Waals surface area contributed by atoms with Crippen LogP contribution >= 0.6 is 0 Å². The molecule has 0 saturated carbocycles. The lowest BCUT2D eigenvalue weighted by molar-refractivity contribution is -0.145. The lowest BCUT2D eigenvalue weighted by Crippen LogP contribution is -2.47. The van der Waals surface area contributed by atoms with Crippen molar-refractivity contribution in [1.29, 1.82) is 0 Å². The number of likely N-dealkylation sites (tertiary alicyclic amines) is 1. The van der Waals surface area contributed by atoms with E-state index in [-0.39, 0.29) is 12.3 Å². The van der Waals surface area contributed by atoms with Gasteiger partial charge in [-0.05, 0) is 38.3 Å². The molecule has 160 valence electrons. The van der Waals surface area contributed by atoms with Gasteiger partial charge in [0.2, 0.25) is 16.8 Å². The summed E-state index contributed by atoms with van der Waals surface area (Å²) in [5, 5.41) is 9.07. The van der Waals surface area contributed by atoms with E-state index in [4.69, 9.17) is 9.84 Å². The van der Waals surface area contributed by atoms with Gasteiger partial charge in [0.1, 0.15) is 11.9 Å². The van der Waals surface area contributed by atoms with E-state index in [1.54, 1.807) is 24.0 Å². The Morgan fingerprint density at radius 3 is 2.34 bits per heavy atom. The molecule has 0 aromatic heterocycles. The summed E-state index contributed by atoms with van der Waals surface area (Å²) in [6.07, 6.45) is 7.06. The Morgan fingerprint density at radius 1 is 1.21 bits per heavy atom. The lowest BCUT2D eigenvalue weighted by atomic mass is 9.96. The van der Waals surface area contributed by atoms with Gasteiger partial charge in [-0.25, -0.2) is 8.42 Å². The number of ether oxygens (including phenoxy) is 1. The van der Waals surface area contributed by atoms with Gasteiger partial charge in [-0.2, -0.15) is 0 Å². The van der Waals surface area contributed by atoms with Gasteiger partial charge in [0.15, 0.2) is 0 Å². The molecule has 9 heteroatoms. The van der Waals surface area contributed by atoms with Gasteiger partial charge < -0.3 is 14.7 Å². The number of aliphatic carboxylic acids is 1. The highest BCUT2D eigenvalue weighted by molar-refractivity contribution is 7.70. The average Bonchev–Trinajstić information content (AvgIpc) is 2.68. The molecule has 1 N–H and O–H groups in total. The fourth-order valence-electron chi connectivity index (χ4n) is 3.65. The number of morpholine rings is 1. The Bertz CT molecular complexity index is 785. The standard InChI is InChI=1S/C20H28N2O6S/c1-4-6-16-18(7-5-2)28-17(14(3)22(16)29(26)27)8-9-19(23)21-12-10-15(11-13-21)20(24)25/h4-7,14-15,17,29H,1-2,8-13H2,3H3,(H,24,25)/b16-6+,18-7+/t14-,17?/m1/s1. The molecule has 2 aliphatic heterocycles. The molecule has 2 aliphatic rings. The summed E-state index contributed by atoms with van der Waals surface area (Å²) in [6, 6.07) is -0.491. The number of hydrogen-bond acceptors (Lipinski definition) is 5. The van der Waals surface area contributed by atoms with E-state index in [2.05, 4.69) is 13.2 Å². The van der Waals surface area contributed by atoms with Crippen molar-refractivity contribution in [3.63, 3.8) is 0 Å². The number of carbonyl (C=O) groups is 2. The number of thiol groups is 1. The van der Waals surface area contributed by atoms with E-state index in [1.165, 1.54) is 16.5 Å². The van der Waals surface area contributed by atoms with Crippen molar-refractivity contribution < 1.29 is 27.9 Å². The van der Waals surface area contributed by atoms with Crippen LogP contribution in [0.4, 0.5) is 0 Å². The maximum absolute atomic E-state index is 12.5. The molecule has 2 saturated heterocycles. The van der Waals surface area contributed by atoms with E-state index in [1.807, 2.05) is 0 Å². The number of piperidine rings is 1. The van der Waals surface area contributed by atoms with Crippen LogP contribution in [0.2, 0.25) is 0 Å². The number of rotatable bonds is 7. The maximum Gasteiger partial charge on any atom is 0.306 e. The Morgan fingerprint density at radius 2 is 1.83 bits per heavy atom. The molecule has 2 atom stereocenters. The highest BCUT2D eigenvalue weighted by atomic mass is 32.2. The first kappa shape index (κ1) is 22.7. The Kier molecular flexibility index (Phi) is 8.07. The van der Waals surface area contributed by atoms with Gasteiger partial charge in [0.05, 0.1) is 17.7 Å². The number of nitrogens with zero attached hydrogens (tertiary/aromatic N) is 2. The quantitative estimate of drug-likeness (QED) is 0.605.